The number of rotatable bonds is 5. The average Bonchev–Trinajstić information content (AvgIpc) is 2.92. The second kappa shape index (κ2) is 5.52. The molecule has 0 radical (unpaired) electrons. The minimum atomic E-state index is 0.377. The monoisotopic (exact) mass is 253 g/mol. The molecule has 1 N–H and O–H groups in total. The Bertz CT molecular complexity index is 422. The third-order valence-electron chi connectivity index (χ3n) is 2.61. The van der Waals surface area contributed by atoms with Crippen molar-refractivity contribution in [3.63, 3.8) is 0 Å². The molecule has 1 unspecified atom stereocenters. The summed E-state index contributed by atoms with van der Waals surface area (Å²) in [4.78, 5) is 2.70. The van der Waals surface area contributed by atoms with Gasteiger partial charge in [-0.05, 0) is 49.8 Å². The Hall–Kier alpha value is -0.780. The van der Waals surface area contributed by atoms with Crippen molar-refractivity contribution in [2.24, 2.45) is 0 Å². The molecule has 0 bridgehead atoms. The molecule has 0 aliphatic carbocycles. The zero-order valence-electron chi connectivity index (χ0n) is 9.43. The van der Waals surface area contributed by atoms with Crippen molar-refractivity contribution in [2.75, 3.05) is 7.05 Å². The van der Waals surface area contributed by atoms with E-state index in [0.717, 1.165) is 18.5 Å². The standard InChI is InChI=1S/C11H15N3S2/c1-8-11(16-14-13-8)10(12-2)6-5-9-4-3-7-15-9/h3-4,7,10,12H,5-6H2,1-2H3. The molecule has 0 aliphatic rings. The molecule has 1 atom stereocenters. The van der Waals surface area contributed by atoms with Crippen molar-refractivity contribution in [1.29, 1.82) is 0 Å². The fourth-order valence-electron chi connectivity index (χ4n) is 1.70. The van der Waals surface area contributed by atoms with Crippen LogP contribution < -0.4 is 5.32 Å². The summed E-state index contributed by atoms with van der Waals surface area (Å²) < 4.78 is 3.99. The maximum absolute atomic E-state index is 4.06. The SMILES string of the molecule is CNC(CCc1cccs1)c1snnc1C. The van der Waals surface area contributed by atoms with Crippen LogP contribution in [0.3, 0.4) is 0 Å². The van der Waals surface area contributed by atoms with E-state index in [-0.39, 0.29) is 0 Å². The molecule has 86 valence electrons. The number of aryl methyl sites for hydroxylation is 2. The van der Waals surface area contributed by atoms with Gasteiger partial charge in [0, 0.05) is 10.9 Å². The molecule has 2 aromatic heterocycles. The van der Waals surface area contributed by atoms with Gasteiger partial charge >= 0.3 is 0 Å². The number of nitrogens with zero attached hydrogens (tertiary/aromatic N) is 2. The van der Waals surface area contributed by atoms with E-state index >= 15 is 0 Å². The van der Waals surface area contributed by atoms with Crippen molar-refractivity contribution < 1.29 is 0 Å². The summed E-state index contributed by atoms with van der Waals surface area (Å²) in [5, 5.41) is 9.53. The first-order chi connectivity index (χ1) is 7.81. The normalized spacial score (nSPS) is 12.9. The molecule has 2 heterocycles. The highest BCUT2D eigenvalue weighted by Gasteiger charge is 2.15. The molecule has 0 saturated heterocycles. The third kappa shape index (κ3) is 2.66. The van der Waals surface area contributed by atoms with Crippen LogP contribution in [0.1, 0.15) is 27.9 Å². The number of aromatic nitrogens is 2. The van der Waals surface area contributed by atoms with Crippen molar-refractivity contribution >= 4 is 22.9 Å². The summed E-state index contributed by atoms with van der Waals surface area (Å²) in [6, 6.07) is 4.67. The number of thiophene rings is 1. The second-order valence-electron chi connectivity index (χ2n) is 3.68. The first kappa shape index (κ1) is 11.7. The largest absolute Gasteiger partial charge is 0.312 e. The zero-order chi connectivity index (χ0) is 11.4. The topological polar surface area (TPSA) is 37.8 Å². The van der Waals surface area contributed by atoms with E-state index in [0.29, 0.717) is 6.04 Å². The van der Waals surface area contributed by atoms with Crippen LogP contribution in [0.5, 0.6) is 0 Å². The Morgan fingerprint density at radius 3 is 2.94 bits per heavy atom. The smallest absolute Gasteiger partial charge is 0.0772 e. The number of hydrogen-bond acceptors (Lipinski definition) is 5. The molecule has 0 spiro atoms. The van der Waals surface area contributed by atoms with E-state index in [1.54, 1.807) is 0 Å². The summed E-state index contributed by atoms with van der Waals surface area (Å²) in [6.07, 6.45) is 2.21. The quantitative estimate of drug-likeness (QED) is 0.890. The van der Waals surface area contributed by atoms with E-state index in [9.17, 15) is 0 Å². The Kier molecular flexibility index (Phi) is 4.04. The average molecular weight is 253 g/mol. The maximum Gasteiger partial charge on any atom is 0.0772 e. The van der Waals surface area contributed by atoms with E-state index in [4.69, 9.17) is 0 Å². The van der Waals surface area contributed by atoms with Crippen molar-refractivity contribution in [2.45, 2.75) is 25.8 Å². The lowest BCUT2D eigenvalue weighted by atomic mass is 10.1. The van der Waals surface area contributed by atoms with Crippen LogP contribution >= 0.6 is 22.9 Å². The van der Waals surface area contributed by atoms with Gasteiger partial charge in [-0.1, -0.05) is 10.6 Å². The highest BCUT2D eigenvalue weighted by Crippen LogP contribution is 2.24. The van der Waals surface area contributed by atoms with Gasteiger partial charge in [-0.3, -0.25) is 0 Å². The predicted molar refractivity (Wildman–Crippen MR) is 69.1 cm³/mol. The lowest BCUT2D eigenvalue weighted by Crippen LogP contribution is -2.16. The van der Waals surface area contributed by atoms with Crippen molar-refractivity contribution in [1.82, 2.24) is 14.9 Å². The van der Waals surface area contributed by atoms with E-state index in [1.807, 2.05) is 25.3 Å². The van der Waals surface area contributed by atoms with Gasteiger partial charge in [-0.2, -0.15) is 0 Å². The van der Waals surface area contributed by atoms with Gasteiger partial charge in [0.15, 0.2) is 0 Å². The van der Waals surface area contributed by atoms with Crippen molar-refractivity contribution in [3.05, 3.63) is 33.0 Å². The van der Waals surface area contributed by atoms with Crippen LogP contribution in [-0.4, -0.2) is 16.6 Å². The van der Waals surface area contributed by atoms with E-state index in [1.165, 1.54) is 21.3 Å². The second-order valence-corrected chi connectivity index (χ2v) is 5.50. The predicted octanol–water partition coefficient (Wildman–Crippen LogP) is 2.80. The van der Waals surface area contributed by atoms with Crippen LogP contribution in [0.15, 0.2) is 17.5 Å². The summed E-state index contributed by atoms with van der Waals surface area (Å²) in [6.45, 7) is 2.02. The highest BCUT2D eigenvalue weighted by molar-refractivity contribution is 7.09. The van der Waals surface area contributed by atoms with Gasteiger partial charge in [0.05, 0.1) is 10.6 Å². The first-order valence-electron chi connectivity index (χ1n) is 5.29. The van der Waals surface area contributed by atoms with Gasteiger partial charge in [0.2, 0.25) is 0 Å². The molecule has 16 heavy (non-hydrogen) atoms. The number of nitrogens with one attached hydrogen (secondary N) is 1. The fourth-order valence-corrected chi connectivity index (χ4v) is 3.22. The Morgan fingerprint density at radius 1 is 1.50 bits per heavy atom. The van der Waals surface area contributed by atoms with Crippen LogP contribution in [-0.2, 0) is 6.42 Å². The molecule has 0 saturated carbocycles. The van der Waals surface area contributed by atoms with Gasteiger partial charge in [0.1, 0.15) is 0 Å². The molecule has 2 aromatic rings. The lowest BCUT2D eigenvalue weighted by Gasteiger charge is -2.13. The van der Waals surface area contributed by atoms with E-state index in [2.05, 4.69) is 32.4 Å². The lowest BCUT2D eigenvalue weighted by molar-refractivity contribution is 0.556. The van der Waals surface area contributed by atoms with Crippen LogP contribution in [0.2, 0.25) is 0 Å². The Morgan fingerprint density at radius 2 is 2.38 bits per heavy atom. The third-order valence-corrected chi connectivity index (χ3v) is 4.49. The molecular formula is C11H15N3S2. The molecule has 5 heteroatoms. The Labute approximate surface area is 104 Å². The molecule has 0 aromatic carbocycles. The zero-order valence-corrected chi connectivity index (χ0v) is 11.1. The molecule has 2 rings (SSSR count). The summed E-state index contributed by atoms with van der Waals surface area (Å²) >= 11 is 3.32. The van der Waals surface area contributed by atoms with E-state index < -0.39 is 0 Å². The van der Waals surface area contributed by atoms with Crippen molar-refractivity contribution in [3.8, 4) is 0 Å². The van der Waals surface area contributed by atoms with Crippen LogP contribution in [0, 0.1) is 6.92 Å². The molecule has 3 nitrogen and oxygen atoms in total. The minimum absolute atomic E-state index is 0.377. The van der Waals surface area contributed by atoms with Gasteiger partial charge in [0.25, 0.3) is 0 Å². The summed E-state index contributed by atoms with van der Waals surface area (Å²) in [5.74, 6) is 0. The van der Waals surface area contributed by atoms with Crippen LogP contribution in [0.4, 0.5) is 0 Å². The highest BCUT2D eigenvalue weighted by atomic mass is 32.1. The first-order valence-corrected chi connectivity index (χ1v) is 6.95. The molecule has 0 fully saturated rings. The van der Waals surface area contributed by atoms with Gasteiger partial charge < -0.3 is 5.32 Å². The Balaban J connectivity index is 1.99. The summed E-state index contributed by atoms with van der Waals surface area (Å²) in [7, 11) is 2.00. The minimum Gasteiger partial charge on any atom is -0.312 e. The fraction of sp³-hybridized carbons (Fsp3) is 0.455. The maximum atomic E-state index is 4.06. The molecule has 0 amide bonds. The van der Waals surface area contributed by atoms with Crippen LogP contribution in [0.25, 0.3) is 0 Å². The van der Waals surface area contributed by atoms with Gasteiger partial charge in [-0.25, -0.2) is 0 Å². The number of hydrogen-bond donors (Lipinski definition) is 1. The van der Waals surface area contributed by atoms with Gasteiger partial charge in [-0.15, -0.1) is 16.4 Å². The molecular weight excluding hydrogens is 238 g/mol. The molecule has 0 aliphatic heterocycles. The summed E-state index contributed by atoms with van der Waals surface area (Å²) in [5.41, 5.74) is 1.05.